The van der Waals surface area contributed by atoms with Gasteiger partial charge in [0.2, 0.25) is 5.91 Å². The average molecular weight is 303 g/mol. The van der Waals surface area contributed by atoms with Crippen molar-refractivity contribution in [3.05, 3.63) is 22.4 Å². The van der Waals surface area contributed by atoms with Crippen LogP contribution in [0.15, 0.2) is 17.5 Å². The molecule has 2 heterocycles. The predicted molar refractivity (Wildman–Crippen MR) is 83.2 cm³/mol. The summed E-state index contributed by atoms with van der Waals surface area (Å²) in [4.78, 5) is 13.6. The molecule has 0 saturated carbocycles. The van der Waals surface area contributed by atoms with Gasteiger partial charge in [0, 0.05) is 10.9 Å². The fourth-order valence-corrected chi connectivity index (χ4v) is 3.17. The summed E-state index contributed by atoms with van der Waals surface area (Å²) in [5, 5.41) is 8.61. The minimum absolute atomic E-state index is 0. The lowest BCUT2D eigenvalue weighted by atomic mass is 9.88. The van der Waals surface area contributed by atoms with Crippen LogP contribution >= 0.6 is 23.7 Å². The number of thiophene rings is 1. The number of carbonyl (C=O) groups excluding carboxylic acids is 1. The van der Waals surface area contributed by atoms with Crippen LogP contribution in [0, 0.1) is 5.92 Å². The van der Waals surface area contributed by atoms with E-state index in [9.17, 15) is 4.79 Å². The van der Waals surface area contributed by atoms with E-state index in [0.717, 1.165) is 24.4 Å². The minimum Gasteiger partial charge on any atom is -0.352 e. The van der Waals surface area contributed by atoms with E-state index in [4.69, 9.17) is 0 Å². The van der Waals surface area contributed by atoms with Crippen LogP contribution in [0.3, 0.4) is 0 Å². The maximum absolute atomic E-state index is 12.5. The Balaban J connectivity index is 0.00000180. The van der Waals surface area contributed by atoms with Crippen molar-refractivity contribution < 1.29 is 4.79 Å². The molecule has 1 amide bonds. The molecule has 0 aromatic carbocycles. The van der Waals surface area contributed by atoms with Gasteiger partial charge in [-0.15, -0.1) is 23.7 Å². The first kappa shape index (κ1) is 16.5. The summed E-state index contributed by atoms with van der Waals surface area (Å²) in [6.07, 6.45) is 1.02. The molecule has 0 bridgehead atoms. The van der Waals surface area contributed by atoms with Crippen molar-refractivity contribution in [2.45, 2.75) is 38.6 Å². The third-order valence-electron chi connectivity index (χ3n) is 3.81. The van der Waals surface area contributed by atoms with Gasteiger partial charge in [-0.25, -0.2) is 0 Å². The first-order valence-electron chi connectivity index (χ1n) is 6.57. The van der Waals surface area contributed by atoms with E-state index in [-0.39, 0.29) is 18.3 Å². The van der Waals surface area contributed by atoms with Crippen molar-refractivity contribution in [2.24, 2.45) is 5.92 Å². The van der Waals surface area contributed by atoms with Gasteiger partial charge in [0.15, 0.2) is 0 Å². The fraction of sp³-hybridized carbons (Fsp3) is 0.643. The van der Waals surface area contributed by atoms with Crippen LogP contribution in [0.2, 0.25) is 0 Å². The summed E-state index contributed by atoms with van der Waals surface area (Å²) >= 11 is 1.65. The quantitative estimate of drug-likeness (QED) is 0.901. The van der Waals surface area contributed by atoms with Crippen LogP contribution in [0.4, 0.5) is 0 Å². The van der Waals surface area contributed by atoms with Crippen molar-refractivity contribution in [1.82, 2.24) is 10.6 Å². The number of carbonyl (C=O) groups is 1. The number of nitrogens with one attached hydrogen (secondary N) is 2. The Bertz CT molecular complexity index is 406. The third-order valence-corrected chi connectivity index (χ3v) is 5.00. The summed E-state index contributed by atoms with van der Waals surface area (Å²) in [7, 11) is 0. The van der Waals surface area contributed by atoms with E-state index in [1.165, 1.54) is 0 Å². The SMILES string of the molecule is CC1CNCCC1NC(=O)C(C)(C)c1cccs1.Cl. The highest BCUT2D eigenvalue weighted by Gasteiger charge is 2.33. The summed E-state index contributed by atoms with van der Waals surface area (Å²) in [6.45, 7) is 8.17. The largest absolute Gasteiger partial charge is 0.352 e. The van der Waals surface area contributed by atoms with Crippen molar-refractivity contribution in [3.8, 4) is 0 Å². The molecule has 2 rings (SSSR count). The monoisotopic (exact) mass is 302 g/mol. The third kappa shape index (κ3) is 3.71. The summed E-state index contributed by atoms with van der Waals surface area (Å²) in [6, 6.07) is 4.34. The molecule has 108 valence electrons. The van der Waals surface area contributed by atoms with Gasteiger partial charge in [0.1, 0.15) is 0 Å². The average Bonchev–Trinajstić information content (AvgIpc) is 2.86. The molecular weight excluding hydrogens is 280 g/mol. The molecule has 1 aliphatic rings. The Morgan fingerprint density at radius 2 is 2.26 bits per heavy atom. The van der Waals surface area contributed by atoms with Crippen LogP contribution in [0.1, 0.15) is 32.1 Å². The van der Waals surface area contributed by atoms with Crippen LogP contribution < -0.4 is 10.6 Å². The number of rotatable bonds is 3. The van der Waals surface area contributed by atoms with Gasteiger partial charge in [-0.05, 0) is 50.7 Å². The zero-order valence-corrected chi connectivity index (χ0v) is 13.4. The lowest BCUT2D eigenvalue weighted by molar-refractivity contribution is -0.126. The van der Waals surface area contributed by atoms with Gasteiger partial charge in [0.25, 0.3) is 0 Å². The van der Waals surface area contributed by atoms with Gasteiger partial charge >= 0.3 is 0 Å². The van der Waals surface area contributed by atoms with Crippen LogP contribution in [0.25, 0.3) is 0 Å². The highest BCUT2D eigenvalue weighted by atomic mass is 35.5. The summed E-state index contributed by atoms with van der Waals surface area (Å²) in [5.74, 6) is 0.644. The molecule has 3 nitrogen and oxygen atoms in total. The van der Waals surface area contributed by atoms with Crippen LogP contribution in [-0.4, -0.2) is 25.0 Å². The molecule has 0 spiro atoms. The summed E-state index contributed by atoms with van der Waals surface area (Å²) in [5.41, 5.74) is -0.432. The van der Waals surface area contributed by atoms with Crippen molar-refractivity contribution in [3.63, 3.8) is 0 Å². The van der Waals surface area contributed by atoms with Crippen molar-refractivity contribution >= 4 is 29.7 Å². The molecule has 2 unspecified atom stereocenters. The van der Waals surface area contributed by atoms with E-state index < -0.39 is 5.41 Å². The molecular formula is C14H23ClN2OS. The molecule has 0 aliphatic carbocycles. The highest BCUT2D eigenvalue weighted by molar-refractivity contribution is 7.10. The Hall–Kier alpha value is -0.580. The number of amides is 1. The van der Waals surface area contributed by atoms with Gasteiger partial charge in [-0.2, -0.15) is 0 Å². The number of halogens is 1. The minimum atomic E-state index is -0.432. The van der Waals surface area contributed by atoms with E-state index in [2.05, 4.69) is 17.6 Å². The van der Waals surface area contributed by atoms with E-state index in [0.29, 0.717) is 12.0 Å². The molecule has 1 aromatic rings. The van der Waals surface area contributed by atoms with Crippen molar-refractivity contribution in [2.75, 3.05) is 13.1 Å². The summed E-state index contributed by atoms with van der Waals surface area (Å²) < 4.78 is 0. The van der Waals surface area contributed by atoms with Crippen LogP contribution in [-0.2, 0) is 10.2 Å². The maximum atomic E-state index is 12.5. The van der Waals surface area contributed by atoms with E-state index in [1.807, 2.05) is 31.4 Å². The van der Waals surface area contributed by atoms with Gasteiger partial charge in [-0.3, -0.25) is 4.79 Å². The predicted octanol–water partition coefficient (Wildman–Crippen LogP) is 2.56. The topological polar surface area (TPSA) is 41.1 Å². The van der Waals surface area contributed by atoms with E-state index in [1.54, 1.807) is 11.3 Å². The molecule has 0 radical (unpaired) electrons. The van der Waals surface area contributed by atoms with E-state index >= 15 is 0 Å². The number of piperidine rings is 1. The Kier molecular flexibility index (Phi) is 5.83. The Morgan fingerprint density at radius 3 is 2.84 bits per heavy atom. The highest BCUT2D eigenvalue weighted by Crippen LogP contribution is 2.28. The molecule has 19 heavy (non-hydrogen) atoms. The second kappa shape index (κ2) is 6.73. The van der Waals surface area contributed by atoms with Gasteiger partial charge < -0.3 is 10.6 Å². The smallest absolute Gasteiger partial charge is 0.231 e. The normalized spacial score (nSPS) is 23.5. The standard InChI is InChI=1S/C14H22N2OS.ClH/c1-10-9-15-7-6-11(10)16-13(17)14(2,3)12-5-4-8-18-12;/h4-5,8,10-11,15H,6-7,9H2,1-3H3,(H,16,17);1H. The lowest BCUT2D eigenvalue weighted by Gasteiger charge is -2.33. The molecule has 5 heteroatoms. The zero-order valence-electron chi connectivity index (χ0n) is 11.7. The Labute approximate surface area is 125 Å². The van der Waals surface area contributed by atoms with Crippen molar-refractivity contribution in [1.29, 1.82) is 0 Å². The lowest BCUT2D eigenvalue weighted by Crippen LogP contribution is -2.52. The fourth-order valence-electron chi connectivity index (χ4n) is 2.32. The second-order valence-corrected chi connectivity index (χ2v) is 6.60. The molecule has 1 aromatic heterocycles. The second-order valence-electron chi connectivity index (χ2n) is 5.65. The molecule has 2 N–H and O–H groups in total. The molecule has 1 fully saturated rings. The Morgan fingerprint density at radius 1 is 1.53 bits per heavy atom. The zero-order chi connectivity index (χ0) is 13.2. The maximum Gasteiger partial charge on any atom is 0.231 e. The van der Waals surface area contributed by atoms with Gasteiger partial charge in [-0.1, -0.05) is 13.0 Å². The number of hydrogen-bond acceptors (Lipinski definition) is 3. The molecule has 1 aliphatic heterocycles. The van der Waals surface area contributed by atoms with Crippen LogP contribution in [0.5, 0.6) is 0 Å². The number of hydrogen-bond donors (Lipinski definition) is 2. The first-order valence-corrected chi connectivity index (χ1v) is 7.45. The molecule has 1 saturated heterocycles. The van der Waals surface area contributed by atoms with Gasteiger partial charge in [0.05, 0.1) is 5.41 Å². The molecule has 2 atom stereocenters. The first-order chi connectivity index (χ1) is 8.51.